The summed E-state index contributed by atoms with van der Waals surface area (Å²) in [4.78, 5) is 23.4. The van der Waals surface area contributed by atoms with Crippen LogP contribution in [0.5, 0.6) is 5.75 Å². The number of Topliss-reactive ketones (excluding diaryl/α,β-unsaturated/α-hetero) is 1. The van der Waals surface area contributed by atoms with Crippen LogP contribution in [0.2, 0.25) is 10.0 Å². The molecule has 0 aliphatic heterocycles. The van der Waals surface area contributed by atoms with E-state index >= 15 is 0 Å². The van der Waals surface area contributed by atoms with E-state index in [-0.39, 0.29) is 18.3 Å². The maximum Gasteiger partial charge on any atom is 0.224 e. The SMILES string of the molecule is CCC(=O)Nc1ccc(C(=O)COc2ccc(Cl)c(Cl)c2)cc1. The zero-order valence-corrected chi connectivity index (χ0v) is 13.9. The predicted octanol–water partition coefficient (Wildman–Crippen LogP) is 4.60. The minimum Gasteiger partial charge on any atom is -0.485 e. The molecule has 2 aromatic rings. The molecule has 6 heteroatoms. The molecule has 0 saturated heterocycles. The van der Waals surface area contributed by atoms with Gasteiger partial charge >= 0.3 is 0 Å². The maximum absolute atomic E-state index is 12.1. The number of ketones is 1. The number of hydrogen-bond donors (Lipinski definition) is 1. The van der Waals surface area contributed by atoms with Gasteiger partial charge in [-0.3, -0.25) is 9.59 Å². The number of nitrogens with one attached hydrogen (secondary N) is 1. The average molecular weight is 352 g/mol. The van der Waals surface area contributed by atoms with E-state index in [1.807, 2.05) is 0 Å². The molecule has 0 fully saturated rings. The van der Waals surface area contributed by atoms with E-state index < -0.39 is 0 Å². The van der Waals surface area contributed by atoms with E-state index in [0.717, 1.165) is 0 Å². The van der Waals surface area contributed by atoms with Crippen molar-refractivity contribution in [2.45, 2.75) is 13.3 Å². The Morgan fingerprint density at radius 3 is 2.35 bits per heavy atom. The van der Waals surface area contributed by atoms with Gasteiger partial charge in [0.25, 0.3) is 0 Å². The molecule has 2 aromatic carbocycles. The first-order valence-corrected chi connectivity index (χ1v) is 7.76. The number of carbonyl (C=O) groups excluding carboxylic acids is 2. The van der Waals surface area contributed by atoms with Gasteiger partial charge in [-0.25, -0.2) is 0 Å². The van der Waals surface area contributed by atoms with Gasteiger partial charge < -0.3 is 10.1 Å². The predicted molar refractivity (Wildman–Crippen MR) is 91.7 cm³/mol. The summed E-state index contributed by atoms with van der Waals surface area (Å²) in [5.41, 5.74) is 1.15. The molecule has 1 N–H and O–H groups in total. The van der Waals surface area contributed by atoms with Gasteiger partial charge in [-0.05, 0) is 36.4 Å². The smallest absolute Gasteiger partial charge is 0.224 e. The normalized spacial score (nSPS) is 10.2. The third kappa shape index (κ3) is 4.98. The van der Waals surface area contributed by atoms with E-state index in [1.54, 1.807) is 49.4 Å². The molecular weight excluding hydrogens is 337 g/mol. The van der Waals surface area contributed by atoms with Gasteiger partial charge in [0.1, 0.15) is 5.75 Å². The Bertz CT molecular complexity index is 714. The second-order valence-corrected chi connectivity index (χ2v) is 5.58. The van der Waals surface area contributed by atoms with Crippen LogP contribution >= 0.6 is 23.2 Å². The number of amides is 1. The zero-order chi connectivity index (χ0) is 16.8. The minimum absolute atomic E-state index is 0.0768. The lowest BCUT2D eigenvalue weighted by molar-refractivity contribution is -0.115. The fourth-order valence-electron chi connectivity index (χ4n) is 1.79. The molecule has 2 rings (SSSR count). The largest absolute Gasteiger partial charge is 0.485 e. The van der Waals surface area contributed by atoms with Crippen molar-refractivity contribution in [3.05, 3.63) is 58.1 Å². The summed E-state index contributed by atoms with van der Waals surface area (Å²) in [7, 11) is 0. The highest BCUT2D eigenvalue weighted by atomic mass is 35.5. The molecule has 0 aromatic heterocycles. The first kappa shape index (κ1) is 17.3. The van der Waals surface area contributed by atoms with Crippen molar-refractivity contribution in [3.8, 4) is 5.75 Å². The van der Waals surface area contributed by atoms with Gasteiger partial charge in [0.05, 0.1) is 10.0 Å². The summed E-state index contributed by atoms with van der Waals surface area (Å²) in [6.45, 7) is 1.66. The fraction of sp³-hybridized carbons (Fsp3) is 0.176. The van der Waals surface area contributed by atoms with E-state index in [1.165, 1.54) is 0 Å². The molecule has 0 heterocycles. The number of anilines is 1. The van der Waals surface area contributed by atoms with Crippen molar-refractivity contribution in [3.63, 3.8) is 0 Å². The second kappa shape index (κ2) is 7.99. The molecule has 0 spiro atoms. The van der Waals surface area contributed by atoms with Gasteiger partial charge in [-0.15, -0.1) is 0 Å². The molecule has 0 radical (unpaired) electrons. The van der Waals surface area contributed by atoms with Crippen LogP contribution in [0.1, 0.15) is 23.7 Å². The van der Waals surface area contributed by atoms with E-state index in [9.17, 15) is 9.59 Å². The Balaban J connectivity index is 1.95. The summed E-state index contributed by atoms with van der Waals surface area (Å²) in [6, 6.07) is 11.5. The highest BCUT2D eigenvalue weighted by Crippen LogP contribution is 2.26. The molecule has 0 aliphatic carbocycles. The van der Waals surface area contributed by atoms with Crippen molar-refractivity contribution < 1.29 is 14.3 Å². The molecule has 4 nitrogen and oxygen atoms in total. The van der Waals surface area contributed by atoms with E-state index in [2.05, 4.69) is 5.32 Å². The maximum atomic E-state index is 12.1. The summed E-state index contributed by atoms with van der Waals surface area (Å²) in [5.74, 6) is 0.219. The highest BCUT2D eigenvalue weighted by Gasteiger charge is 2.08. The topological polar surface area (TPSA) is 55.4 Å². The summed E-state index contributed by atoms with van der Waals surface area (Å²) >= 11 is 11.7. The number of carbonyl (C=O) groups is 2. The Kier molecular flexibility index (Phi) is 6.02. The van der Waals surface area contributed by atoms with Crippen LogP contribution in [0.3, 0.4) is 0 Å². The summed E-state index contributed by atoms with van der Waals surface area (Å²) in [5, 5.41) is 3.51. The van der Waals surface area contributed by atoms with Crippen LogP contribution in [0, 0.1) is 0 Å². The molecule has 23 heavy (non-hydrogen) atoms. The summed E-state index contributed by atoms with van der Waals surface area (Å²) in [6.07, 6.45) is 0.401. The molecule has 0 bridgehead atoms. The quantitative estimate of drug-likeness (QED) is 0.773. The van der Waals surface area contributed by atoms with E-state index in [0.29, 0.717) is 33.5 Å². The number of halogens is 2. The van der Waals surface area contributed by atoms with Gasteiger partial charge in [0, 0.05) is 23.7 Å². The standard InChI is InChI=1S/C17H15Cl2NO3/c1-2-17(22)20-12-5-3-11(4-6-12)16(21)10-23-13-7-8-14(18)15(19)9-13/h3-9H,2,10H2,1H3,(H,20,22). The number of ether oxygens (including phenoxy) is 1. The fourth-order valence-corrected chi connectivity index (χ4v) is 2.08. The minimum atomic E-state index is -0.176. The first-order valence-electron chi connectivity index (χ1n) is 7.00. The molecule has 0 atom stereocenters. The molecule has 0 unspecified atom stereocenters. The lowest BCUT2D eigenvalue weighted by Crippen LogP contribution is -2.12. The Labute approximate surface area is 144 Å². The van der Waals surface area contributed by atoms with Crippen molar-refractivity contribution in [1.29, 1.82) is 0 Å². The Morgan fingerprint density at radius 1 is 1.04 bits per heavy atom. The lowest BCUT2D eigenvalue weighted by atomic mass is 10.1. The second-order valence-electron chi connectivity index (χ2n) is 4.77. The van der Waals surface area contributed by atoms with Gasteiger partial charge in [-0.2, -0.15) is 0 Å². The van der Waals surface area contributed by atoms with Crippen LogP contribution < -0.4 is 10.1 Å². The highest BCUT2D eigenvalue weighted by molar-refractivity contribution is 6.42. The van der Waals surface area contributed by atoms with Crippen LogP contribution in [0.15, 0.2) is 42.5 Å². The molecule has 120 valence electrons. The Morgan fingerprint density at radius 2 is 1.74 bits per heavy atom. The summed E-state index contributed by atoms with van der Waals surface area (Å²) < 4.78 is 5.41. The van der Waals surface area contributed by atoms with Crippen LogP contribution in [-0.4, -0.2) is 18.3 Å². The third-order valence-corrected chi connectivity index (χ3v) is 3.81. The molecular formula is C17H15Cl2NO3. The Hall–Kier alpha value is -2.04. The van der Waals surface area contributed by atoms with Crippen molar-refractivity contribution >= 4 is 40.6 Å². The van der Waals surface area contributed by atoms with Gasteiger partial charge in [0.2, 0.25) is 5.91 Å². The zero-order valence-electron chi connectivity index (χ0n) is 12.4. The third-order valence-electron chi connectivity index (χ3n) is 3.07. The van der Waals surface area contributed by atoms with Crippen LogP contribution in [0.25, 0.3) is 0 Å². The average Bonchev–Trinajstić information content (AvgIpc) is 2.56. The van der Waals surface area contributed by atoms with E-state index in [4.69, 9.17) is 27.9 Å². The van der Waals surface area contributed by atoms with Crippen LogP contribution in [-0.2, 0) is 4.79 Å². The van der Waals surface area contributed by atoms with Crippen molar-refractivity contribution in [2.75, 3.05) is 11.9 Å². The van der Waals surface area contributed by atoms with Gasteiger partial charge in [0.15, 0.2) is 12.4 Å². The number of hydrogen-bond acceptors (Lipinski definition) is 3. The molecule has 0 saturated carbocycles. The first-order chi connectivity index (χ1) is 11.0. The molecule has 1 amide bonds. The molecule has 0 aliphatic rings. The monoisotopic (exact) mass is 351 g/mol. The lowest BCUT2D eigenvalue weighted by Gasteiger charge is -2.08. The van der Waals surface area contributed by atoms with Gasteiger partial charge in [-0.1, -0.05) is 30.1 Å². The number of rotatable bonds is 6. The van der Waals surface area contributed by atoms with Crippen molar-refractivity contribution in [1.82, 2.24) is 0 Å². The number of benzene rings is 2. The van der Waals surface area contributed by atoms with Crippen LogP contribution in [0.4, 0.5) is 5.69 Å². The van der Waals surface area contributed by atoms with Crippen molar-refractivity contribution in [2.24, 2.45) is 0 Å².